The molecule has 0 saturated carbocycles. The van der Waals surface area contributed by atoms with E-state index in [0.29, 0.717) is 5.69 Å². The zero-order valence-corrected chi connectivity index (χ0v) is 10.1. The minimum absolute atomic E-state index is 0.0672. The van der Waals surface area contributed by atoms with E-state index in [1.807, 2.05) is 5.43 Å². The molecular weight excluding hydrogens is 256 g/mol. The Hall–Kier alpha value is -2.42. The third-order valence-corrected chi connectivity index (χ3v) is 2.65. The second-order valence-electron chi connectivity index (χ2n) is 2.95. The number of rotatable bonds is 5. The number of urea groups is 1. The van der Waals surface area contributed by atoms with Crippen LogP contribution in [0.25, 0.3) is 0 Å². The van der Waals surface area contributed by atoms with Gasteiger partial charge in [0, 0.05) is 6.08 Å². The van der Waals surface area contributed by atoms with Crippen molar-refractivity contribution in [1.82, 2.24) is 5.43 Å². The summed E-state index contributed by atoms with van der Waals surface area (Å²) in [6, 6.07) is 1.08. The molecule has 96 valence electrons. The topological polar surface area (TPSA) is 136 Å². The standard InChI is InChI=1S/C9H12N6O2S/c10-3-1-8(11)17-5-7-6(2-4-18-7)13-9(16)14-15-12/h1-4,11H,5,10H2,(H3,12,13,14,16)/b3-1-,11-8?. The first-order valence-corrected chi connectivity index (χ1v) is 5.64. The largest absolute Gasteiger partial charge is 0.472 e. The van der Waals surface area contributed by atoms with Crippen molar-refractivity contribution in [3.8, 4) is 0 Å². The van der Waals surface area contributed by atoms with E-state index < -0.39 is 6.03 Å². The summed E-state index contributed by atoms with van der Waals surface area (Å²) in [4.78, 5) is 11.9. The Morgan fingerprint density at radius 3 is 3.11 bits per heavy atom. The van der Waals surface area contributed by atoms with Crippen LogP contribution in [0.4, 0.5) is 10.5 Å². The molecule has 0 fully saturated rings. The lowest BCUT2D eigenvalue weighted by molar-refractivity contribution is 0.251. The summed E-state index contributed by atoms with van der Waals surface area (Å²) in [5.74, 6) is -0.0672. The lowest BCUT2D eigenvalue weighted by Crippen LogP contribution is -2.23. The fourth-order valence-electron chi connectivity index (χ4n) is 1.04. The maximum absolute atomic E-state index is 11.2. The van der Waals surface area contributed by atoms with E-state index in [-0.39, 0.29) is 12.5 Å². The van der Waals surface area contributed by atoms with E-state index in [2.05, 4.69) is 10.5 Å². The van der Waals surface area contributed by atoms with Crippen LogP contribution in [0.5, 0.6) is 0 Å². The predicted molar refractivity (Wildman–Crippen MR) is 67.5 cm³/mol. The number of nitrogens with zero attached hydrogens (tertiary/aromatic N) is 1. The van der Waals surface area contributed by atoms with Crippen molar-refractivity contribution in [3.63, 3.8) is 0 Å². The third kappa shape index (κ3) is 4.22. The molecule has 0 atom stereocenters. The number of nitrogens with one attached hydrogen (secondary N) is 4. The van der Waals surface area contributed by atoms with E-state index in [1.165, 1.54) is 23.6 Å². The number of carbonyl (C=O) groups excluding carboxylic acids is 1. The lowest BCUT2D eigenvalue weighted by atomic mass is 10.4. The van der Waals surface area contributed by atoms with Crippen LogP contribution in [0.3, 0.4) is 0 Å². The number of amides is 2. The van der Waals surface area contributed by atoms with Gasteiger partial charge in [0.1, 0.15) is 6.61 Å². The second-order valence-corrected chi connectivity index (χ2v) is 3.95. The van der Waals surface area contributed by atoms with Gasteiger partial charge in [-0.3, -0.25) is 5.41 Å². The van der Waals surface area contributed by atoms with Gasteiger partial charge in [-0.25, -0.2) is 10.2 Å². The first-order valence-electron chi connectivity index (χ1n) is 4.76. The van der Waals surface area contributed by atoms with Gasteiger partial charge in [0.25, 0.3) is 0 Å². The van der Waals surface area contributed by atoms with Crippen LogP contribution in [-0.2, 0) is 11.3 Å². The van der Waals surface area contributed by atoms with Crippen molar-refractivity contribution in [3.05, 3.63) is 28.6 Å². The Morgan fingerprint density at radius 1 is 1.67 bits per heavy atom. The molecule has 2 amide bonds. The van der Waals surface area contributed by atoms with Gasteiger partial charge in [0.15, 0.2) is 0 Å². The molecule has 0 aliphatic carbocycles. The summed E-state index contributed by atoms with van der Waals surface area (Å²) in [5, 5.41) is 14.4. The lowest BCUT2D eigenvalue weighted by Gasteiger charge is -2.06. The fourth-order valence-corrected chi connectivity index (χ4v) is 1.79. The zero-order valence-electron chi connectivity index (χ0n) is 9.27. The normalized spacial score (nSPS) is 10.0. The van der Waals surface area contributed by atoms with Crippen LogP contribution < -0.4 is 16.5 Å². The molecule has 18 heavy (non-hydrogen) atoms. The molecule has 0 radical (unpaired) electrons. The van der Waals surface area contributed by atoms with Crippen LogP contribution in [-0.4, -0.2) is 11.9 Å². The molecule has 0 aromatic carbocycles. The summed E-state index contributed by atoms with van der Waals surface area (Å²) in [6.07, 6.45) is 2.52. The van der Waals surface area contributed by atoms with Gasteiger partial charge < -0.3 is 15.8 Å². The highest BCUT2D eigenvalue weighted by molar-refractivity contribution is 7.10. The number of thiophene rings is 1. The van der Waals surface area contributed by atoms with Crippen molar-refractivity contribution in [2.45, 2.75) is 6.61 Å². The second kappa shape index (κ2) is 7.01. The maximum Gasteiger partial charge on any atom is 0.341 e. The highest BCUT2D eigenvalue weighted by Gasteiger charge is 2.08. The molecule has 1 aromatic heterocycles. The molecule has 6 N–H and O–H groups in total. The molecule has 1 heterocycles. The van der Waals surface area contributed by atoms with Crippen LogP contribution >= 0.6 is 11.3 Å². The summed E-state index contributed by atoms with van der Waals surface area (Å²) < 4.78 is 5.10. The van der Waals surface area contributed by atoms with Crippen molar-refractivity contribution < 1.29 is 9.53 Å². The Kier molecular flexibility index (Phi) is 5.32. The number of hydrogen-bond acceptors (Lipinski definition) is 7. The van der Waals surface area contributed by atoms with Gasteiger partial charge in [0.2, 0.25) is 5.90 Å². The Morgan fingerprint density at radius 2 is 2.44 bits per heavy atom. The molecule has 8 nitrogen and oxygen atoms in total. The molecule has 0 aliphatic heterocycles. The molecule has 1 rings (SSSR count). The van der Waals surface area contributed by atoms with Gasteiger partial charge >= 0.3 is 6.03 Å². The van der Waals surface area contributed by atoms with Gasteiger partial charge in [-0.2, -0.15) is 5.53 Å². The summed E-state index contributed by atoms with van der Waals surface area (Å²) in [5.41, 5.74) is 14.1. The molecule has 0 aliphatic rings. The number of ether oxygens (including phenoxy) is 1. The number of carbonyl (C=O) groups is 1. The van der Waals surface area contributed by atoms with Crippen molar-refractivity contribution in [2.75, 3.05) is 5.32 Å². The third-order valence-electron chi connectivity index (χ3n) is 1.76. The summed E-state index contributed by atoms with van der Waals surface area (Å²) in [6.45, 7) is 0.147. The van der Waals surface area contributed by atoms with Crippen LogP contribution in [0.1, 0.15) is 4.88 Å². The van der Waals surface area contributed by atoms with Crippen LogP contribution in [0, 0.1) is 10.9 Å². The monoisotopic (exact) mass is 268 g/mol. The van der Waals surface area contributed by atoms with Crippen LogP contribution in [0.15, 0.2) is 28.9 Å². The molecule has 1 aromatic rings. The van der Waals surface area contributed by atoms with Gasteiger partial charge in [0.05, 0.1) is 10.6 Å². The zero-order chi connectivity index (χ0) is 13.4. The molecule has 9 heteroatoms. The molecule has 0 saturated heterocycles. The SMILES string of the molecule is N=NNC(=O)Nc1ccsc1COC(=N)/C=C\N. The smallest absolute Gasteiger partial charge is 0.341 e. The quantitative estimate of drug-likeness (QED) is 0.241. The summed E-state index contributed by atoms with van der Waals surface area (Å²) >= 11 is 1.37. The molecule has 0 bridgehead atoms. The average molecular weight is 268 g/mol. The van der Waals surface area contributed by atoms with Gasteiger partial charge in [-0.1, -0.05) is 5.22 Å². The Balaban J connectivity index is 2.57. The van der Waals surface area contributed by atoms with E-state index in [0.717, 1.165) is 4.88 Å². The van der Waals surface area contributed by atoms with E-state index in [4.69, 9.17) is 21.4 Å². The van der Waals surface area contributed by atoms with Crippen molar-refractivity contribution >= 4 is 29.0 Å². The summed E-state index contributed by atoms with van der Waals surface area (Å²) in [7, 11) is 0. The fraction of sp³-hybridized carbons (Fsp3) is 0.111. The minimum atomic E-state index is -0.610. The Labute approximate surface area is 107 Å². The predicted octanol–water partition coefficient (Wildman–Crippen LogP) is 1.78. The maximum atomic E-state index is 11.2. The molecular formula is C9H12N6O2S. The number of hydrogen-bond donors (Lipinski definition) is 5. The highest BCUT2D eigenvalue weighted by Crippen LogP contribution is 2.23. The van der Waals surface area contributed by atoms with Crippen LogP contribution in [0.2, 0.25) is 0 Å². The van der Waals surface area contributed by atoms with Crippen molar-refractivity contribution in [2.24, 2.45) is 11.0 Å². The van der Waals surface area contributed by atoms with Gasteiger partial charge in [-0.15, -0.1) is 11.3 Å². The molecule has 0 unspecified atom stereocenters. The highest BCUT2D eigenvalue weighted by atomic mass is 32.1. The molecule has 0 spiro atoms. The first kappa shape index (κ1) is 13.6. The average Bonchev–Trinajstić information content (AvgIpc) is 2.74. The van der Waals surface area contributed by atoms with E-state index in [9.17, 15) is 4.79 Å². The van der Waals surface area contributed by atoms with E-state index in [1.54, 1.807) is 11.4 Å². The van der Waals surface area contributed by atoms with Gasteiger partial charge in [-0.05, 0) is 17.6 Å². The first-order chi connectivity index (χ1) is 8.67. The number of anilines is 1. The Bertz CT molecular complexity index is 469. The van der Waals surface area contributed by atoms with Crippen molar-refractivity contribution in [1.29, 1.82) is 10.9 Å². The number of nitrogens with two attached hydrogens (primary N) is 1. The minimum Gasteiger partial charge on any atom is -0.472 e. The van der Waals surface area contributed by atoms with E-state index >= 15 is 0 Å².